The highest BCUT2D eigenvalue weighted by molar-refractivity contribution is 5.97. The second kappa shape index (κ2) is 6.71. The summed E-state index contributed by atoms with van der Waals surface area (Å²) in [6.07, 6.45) is 1.95. The van der Waals surface area contributed by atoms with Crippen LogP contribution in [0.4, 0.5) is 14.5 Å². The molecule has 1 atom stereocenters. The molecule has 116 valence electrons. The van der Waals surface area contributed by atoms with Gasteiger partial charge in [0.05, 0.1) is 6.61 Å². The van der Waals surface area contributed by atoms with Gasteiger partial charge in [-0.1, -0.05) is 5.16 Å². The molecule has 21 heavy (non-hydrogen) atoms. The highest BCUT2D eigenvalue weighted by Gasteiger charge is 2.21. The second-order valence-electron chi connectivity index (χ2n) is 5.24. The van der Waals surface area contributed by atoms with E-state index in [1.54, 1.807) is 11.9 Å². The van der Waals surface area contributed by atoms with E-state index in [2.05, 4.69) is 5.16 Å². The molecule has 0 bridgehead atoms. The van der Waals surface area contributed by atoms with Crippen molar-refractivity contribution in [1.82, 2.24) is 0 Å². The first-order valence-corrected chi connectivity index (χ1v) is 6.78. The summed E-state index contributed by atoms with van der Waals surface area (Å²) < 4.78 is 33.6. The largest absolute Gasteiger partial charge is 0.409 e. The van der Waals surface area contributed by atoms with E-state index in [0.717, 1.165) is 31.6 Å². The Morgan fingerprint density at radius 1 is 1.48 bits per heavy atom. The molecule has 3 N–H and O–H groups in total. The summed E-state index contributed by atoms with van der Waals surface area (Å²) in [6.45, 7) is 1.87. The number of halogens is 2. The van der Waals surface area contributed by atoms with Gasteiger partial charge in [-0.3, -0.25) is 0 Å². The van der Waals surface area contributed by atoms with Crippen molar-refractivity contribution in [2.24, 2.45) is 16.8 Å². The number of hydrogen-bond acceptors (Lipinski definition) is 4. The molecule has 0 amide bonds. The van der Waals surface area contributed by atoms with Crippen molar-refractivity contribution in [3.05, 3.63) is 29.3 Å². The van der Waals surface area contributed by atoms with Crippen molar-refractivity contribution in [3.8, 4) is 0 Å². The first-order chi connectivity index (χ1) is 10.0. The molecule has 1 fully saturated rings. The van der Waals surface area contributed by atoms with Gasteiger partial charge >= 0.3 is 0 Å². The third kappa shape index (κ3) is 3.60. The lowest BCUT2D eigenvalue weighted by Crippen LogP contribution is -2.32. The molecular weight excluding hydrogens is 280 g/mol. The highest BCUT2D eigenvalue weighted by atomic mass is 19.1. The number of nitrogens with two attached hydrogens (primary N) is 1. The normalized spacial score (nSPS) is 19.6. The fourth-order valence-corrected chi connectivity index (χ4v) is 2.57. The van der Waals surface area contributed by atoms with Crippen LogP contribution in [0.1, 0.15) is 18.4 Å². The number of oxime groups is 1. The maximum Gasteiger partial charge on any atom is 0.170 e. The van der Waals surface area contributed by atoms with E-state index in [9.17, 15) is 8.78 Å². The minimum atomic E-state index is -0.740. The zero-order chi connectivity index (χ0) is 15.4. The van der Waals surface area contributed by atoms with Gasteiger partial charge < -0.3 is 20.6 Å². The number of rotatable bonds is 4. The summed E-state index contributed by atoms with van der Waals surface area (Å²) in [4.78, 5) is 1.54. The Balaban J connectivity index is 2.18. The van der Waals surface area contributed by atoms with Crippen molar-refractivity contribution in [3.63, 3.8) is 0 Å². The lowest BCUT2D eigenvalue weighted by molar-refractivity contribution is 0.0575. The molecule has 0 aromatic heterocycles. The maximum absolute atomic E-state index is 14.1. The summed E-state index contributed by atoms with van der Waals surface area (Å²) in [5.41, 5.74) is 5.23. The zero-order valence-electron chi connectivity index (χ0n) is 11.9. The molecule has 1 heterocycles. The Hall–Kier alpha value is -1.89. The van der Waals surface area contributed by atoms with E-state index in [4.69, 9.17) is 15.7 Å². The summed E-state index contributed by atoms with van der Waals surface area (Å²) in [7, 11) is 1.64. The first-order valence-electron chi connectivity index (χ1n) is 6.78. The fourth-order valence-electron chi connectivity index (χ4n) is 2.57. The molecule has 0 radical (unpaired) electrons. The van der Waals surface area contributed by atoms with E-state index in [0.29, 0.717) is 13.2 Å². The standard InChI is InChI=1S/C14H19F2N3O2/c1-19(7-9-3-2-4-21-8-9)13-11(15)5-10(6-12(13)16)14(17)18-20/h5-6,9,20H,2-4,7-8H2,1H3,(H2,17,18). The molecule has 1 unspecified atom stereocenters. The molecule has 7 heteroatoms. The Kier molecular flexibility index (Phi) is 4.95. The molecule has 1 aromatic rings. The van der Waals surface area contributed by atoms with Crippen LogP contribution in [0, 0.1) is 17.6 Å². The third-order valence-corrected chi connectivity index (χ3v) is 3.59. The fraction of sp³-hybridized carbons (Fsp3) is 0.500. The average molecular weight is 299 g/mol. The van der Waals surface area contributed by atoms with Crippen molar-refractivity contribution < 1.29 is 18.7 Å². The topological polar surface area (TPSA) is 71.1 Å². The molecule has 5 nitrogen and oxygen atoms in total. The van der Waals surface area contributed by atoms with Crippen LogP contribution in [-0.4, -0.2) is 37.8 Å². The molecule has 0 aliphatic carbocycles. The van der Waals surface area contributed by atoms with Crippen LogP contribution in [0.15, 0.2) is 17.3 Å². The van der Waals surface area contributed by atoms with Crippen LogP contribution < -0.4 is 10.6 Å². The van der Waals surface area contributed by atoms with E-state index in [-0.39, 0.29) is 23.0 Å². The van der Waals surface area contributed by atoms with Crippen LogP contribution in [0.2, 0.25) is 0 Å². The predicted molar refractivity (Wildman–Crippen MR) is 75.7 cm³/mol. The average Bonchev–Trinajstić information content (AvgIpc) is 2.46. The molecule has 1 saturated heterocycles. The van der Waals surface area contributed by atoms with Gasteiger partial charge in [-0.15, -0.1) is 0 Å². The number of benzene rings is 1. The van der Waals surface area contributed by atoms with Crippen LogP contribution in [0.25, 0.3) is 0 Å². The van der Waals surface area contributed by atoms with E-state index in [1.165, 1.54) is 0 Å². The van der Waals surface area contributed by atoms with Gasteiger partial charge in [-0.05, 0) is 30.9 Å². The van der Waals surface area contributed by atoms with E-state index in [1.807, 2.05) is 0 Å². The van der Waals surface area contributed by atoms with Crippen LogP contribution in [-0.2, 0) is 4.74 Å². The molecular formula is C14H19F2N3O2. The first kappa shape index (κ1) is 15.5. The van der Waals surface area contributed by atoms with Crippen molar-refractivity contribution in [2.45, 2.75) is 12.8 Å². The van der Waals surface area contributed by atoms with Crippen molar-refractivity contribution in [1.29, 1.82) is 0 Å². The molecule has 1 aliphatic heterocycles. The maximum atomic E-state index is 14.1. The molecule has 0 saturated carbocycles. The van der Waals surface area contributed by atoms with Crippen molar-refractivity contribution >= 4 is 11.5 Å². The lowest BCUT2D eigenvalue weighted by Gasteiger charge is -2.29. The van der Waals surface area contributed by atoms with E-state index >= 15 is 0 Å². The summed E-state index contributed by atoms with van der Waals surface area (Å²) in [5, 5.41) is 11.3. The number of anilines is 1. The van der Waals surface area contributed by atoms with Crippen LogP contribution >= 0.6 is 0 Å². The van der Waals surface area contributed by atoms with Crippen molar-refractivity contribution in [2.75, 3.05) is 31.7 Å². The molecule has 2 rings (SSSR count). The van der Waals surface area contributed by atoms with Crippen LogP contribution in [0.3, 0.4) is 0 Å². The third-order valence-electron chi connectivity index (χ3n) is 3.59. The van der Waals surface area contributed by atoms with E-state index < -0.39 is 11.6 Å². The monoisotopic (exact) mass is 299 g/mol. The summed E-state index contributed by atoms with van der Waals surface area (Å²) >= 11 is 0. The van der Waals surface area contributed by atoms with Crippen LogP contribution in [0.5, 0.6) is 0 Å². The smallest absolute Gasteiger partial charge is 0.170 e. The molecule has 1 aliphatic rings. The Morgan fingerprint density at radius 2 is 2.14 bits per heavy atom. The SMILES string of the molecule is CN(CC1CCCOC1)c1c(F)cc(C(N)=NO)cc1F. The Bertz CT molecular complexity index is 508. The molecule has 1 aromatic carbocycles. The van der Waals surface area contributed by atoms with Gasteiger partial charge in [0.15, 0.2) is 5.84 Å². The second-order valence-corrected chi connectivity index (χ2v) is 5.24. The number of hydrogen-bond donors (Lipinski definition) is 2. The zero-order valence-corrected chi connectivity index (χ0v) is 11.9. The van der Waals surface area contributed by atoms with Gasteiger partial charge in [0.1, 0.15) is 17.3 Å². The number of amidine groups is 1. The number of ether oxygens (including phenoxy) is 1. The van der Waals surface area contributed by atoms with Gasteiger partial charge in [0, 0.05) is 25.8 Å². The Labute approximate surface area is 122 Å². The minimum Gasteiger partial charge on any atom is -0.409 e. The summed E-state index contributed by atoms with van der Waals surface area (Å²) in [6, 6.07) is 2.11. The highest BCUT2D eigenvalue weighted by Crippen LogP contribution is 2.26. The Morgan fingerprint density at radius 3 is 2.67 bits per heavy atom. The number of nitrogens with zero attached hydrogens (tertiary/aromatic N) is 2. The quantitative estimate of drug-likeness (QED) is 0.386. The van der Waals surface area contributed by atoms with Gasteiger partial charge in [0.25, 0.3) is 0 Å². The van der Waals surface area contributed by atoms with Gasteiger partial charge in [0.2, 0.25) is 0 Å². The minimum absolute atomic E-state index is 0.00523. The summed E-state index contributed by atoms with van der Waals surface area (Å²) in [5.74, 6) is -1.55. The van der Waals surface area contributed by atoms with Gasteiger partial charge in [-0.25, -0.2) is 8.78 Å². The van der Waals surface area contributed by atoms with Gasteiger partial charge in [-0.2, -0.15) is 0 Å². The lowest BCUT2D eigenvalue weighted by atomic mass is 10.0. The molecule has 0 spiro atoms. The predicted octanol–water partition coefficient (Wildman–Crippen LogP) is 1.92.